The van der Waals surface area contributed by atoms with Crippen LogP contribution in [0.2, 0.25) is 0 Å². The largest absolute Gasteiger partial charge is 0.489 e. The summed E-state index contributed by atoms with van der Waals surface area (Å²) in [6.45, 7) is 7.89. The number of benzene rings is 1. The quantitative estimate of drug-likeness (QED) is 0.805. The van der Waals surface area contributed by atoms with E-state index in [1.807, 2.05) is 17.0 Å². The SMILES string of the molecule is C=CCOc1cc(C(=O)N2CCC[C@@H](C)C2)cc2occc12. The van der Waals surface area contributed by atoms with Gasteiger partial charge >= 0.3 is 0 Å². The van der Waals surface area contributed by atoms with Crippen molar-refractivity contribution in [2.45, 2.75) is 19.8 Å². The van der Waals surface area contributed by atoms with E-state index in [4.69, 9.17) is 9.15 Å². The number of nitrogens with zero attached hydrogens (tertiary/aromatic N) is 1. The van der Waals surface area contributed by atoms with Gasteiger partial charge in [-0.25, -0.2) is 0 Å². The zero-order valence-corrected chi connectivity index (χ0v) is 12.9. The van der Waals surface area contributed by atoms with Crippen molar-refractivity contribution in [3.05, 3.63) is 42.7 Å². The fourth-order valence-corrected chi connectivity index (χ4v) is 2.99. The molecule has 2 heterocycles. The summed E-state index contributed by atoms with van der Waals surface area (Å²) in [6.07, 6.45) is 5.56. The Bertz CT molecular complexity index is 689. The van der Waals surface area contributed by atoms with Crippen LogP contribution in [0.3, 0.4) is 0 Å². The van der Waals surface area contributed by atoms with Crippen LogP contribution in [-0.4, -0.2) is 30.5 Å². The van der Waals surface area contributed by atoms with E-state index in [1.54, 1.807) is 18.4 Å². The maximum Gasteiger partial charge on any atom is 0.254 e. The number of carbonyl (C=O) groups is 1. The number of carbonyl (C=O) groups excluding carboxylic acids is 1. The number of likely N-dealkylation sites (tertiary alicyclic amines) is 1. The van der Waals surface area contributed by atoms with Gasteiger partial charge < -0.3 is 14.1 Å². The highest BCUT2D eigenvalue weighted by atomic mass is 16.5. The molecule has 1 atom stereocenters. The van der Waals surface area contributed by atoms with Crippen molar-refractivity contribution >= 4 is 16.9 Å². The molecule has 1 fully saturated rings. The predicted octanol–water partition coefficient (Wildman–Crippen LogP) is 3.87. The number of ether oxygens (including phenoxy) is 1. The van der Waals surface area contributed by atoms with Gasteiger partial charge in [0.1, 0.15) is 17.9 Å². The molecule has 1 aromatic heterocycles. The molecule has 22 heavy (non-hydrogen) atoms. The third kappa shape index (κ3) is 2.86. The zero-order valence-electron chi connectivity index (χ0n) is 12.9. The summed E-state index contributed by atoms with van der Waals surface area (Å²) >= 11 is 0. The van der Waals surface area contributed by atoms with Gasteiger partial charge in [-0.05, 0) is 37.0 Å². The molecule has 2 aromatic rings. The first-order chi connectivity index (χ1) is 10.7. The molecule has 0 N–H and O–H groups in total. The molecule has 0 aliphatic carbocycles. The van der Waals surface area contributed by atoms with Gasteiger partial charge in [-0.15, -0.1) is 0 Å². The average molecular weight is 299 g/mol. The number of amides is 1. The molecule has 0 radical (unpaired) electrons. The predicted molar refractivity (Wildman–Crippen MR) is 86.2 cm³/mol. The summed E-state index contributed by atoms with van der Waals surface area (Å²) in [5, 5.41) is 0.880. The fourth-order valence-electron chi connectivity index (χ4n) is 2.99. The number of furan rings is 1. The first-order valence-corrected chi connectivity index (χ1v) is 7.73. The highest BCUT2D eigenvalue weighted by molar-refractivity contribution is 5.99. The highest BCUT2D eigenvalue weighted by Crippen LogP contribution is 2.30. The Hall–Kier alpha value is -2.23. The Balaban J connectivity index is 1.92. The van der Waals surface area contributed by atoms with Crippen molar-refractivity contribution in [1.29, 1.82) is 0 Å². The van der Waals surface area contributed by atoms with Crippen LogP contribution in [0.15, 0.2) is 41.5 Å². The lowest BCUT2D eigenvalue weighted by molar-refractivity contribution is 0.0682. The van der Waals surface area contributed by atoms with Gasteiger partial charge in [0.2, 0.25) is 0 Å². The van der Waals surface area contributed by atoms with Crippen LogP contribution in [0.5, 0.6) is 5.75 Å². The van der Waals surface area contributed by atoms with Crippen LogP contribution < -0.4 is 4.74 Å². The zero-order chi connectivity index (χ0) is 15.5. The Morgan fingerprint density at radius 2 is 2.41 bits per heavy atom. The molecule has 1 aromatic carbocycles. The second kappa shape index (κ2) is 6.26. The maximum absolute atomic E-state index is 12.7. The number of hydrogen-bond acceptors (Lipinski definition) is 3. The first kappa shape index (κ1) is 14.7. The molecule has 3 rings (SSSR count). The molecule has 0 bridgehead atoms. The topological polar surface area (TPSA) is 42.7 Å². The minimum absolute atomic E-state index is 0.0494. The van der Waals surface area contributed by atoms with Gasteiger partial charge in [-0.2, -0.15) is 0 Å². The smallest absolute Gasteiger partial charge is 0.254 e. The van der Waals surface area contributed by atoms with Gasteiger partial charge in [0, 0.05) is 18.7 Å². The summed E-state index contributed by atoms with van der Waals surface area (Å²) in [5.74, 6) is 1.27. The van der Waals surface area contributed by atoms with E-state index < -0.39 is 0 Å². The molecule has 1 aliphatic heterocycles. The molecule has 0 saturated carbocycles. The van der Waals surface area contributed by atoms with Gasteiger partial charge in [-0.1, -0.05) is 19.6 Å². The van der Waals surface area contributed by atoms with E-state index in [-0.39, 0.29) is 5.91 Å². The lowest BCUT2D eigenvalue weighted by atomic mass is 9.99. The van der Waals surface area contributed by atoms with Crippen LogP contribution in [-0.2, 0) is 0 Å². The Labute approximate surface area is 130 Å². The van der Waals surface area contributed by atoms with Crippen LogP contribution in [0.25, 0.3) is 11.0 Å². The normalized spacial score (nSPS) is 18.4. The minimum atomic E-state index is 0.0494. The Morgan fingerprint density at radius 3 is 3.18 bits per heavy atom. The molecule has 1 aliphatic rings. The summed E-state index contributed by atoms with van der Waals surface area (Å²) in [6, 6.07) is 5.46. The van der Waals surface area contributed by atoms with Crippen molar-refractivity contribution < 1.29 is 13.9 Å². The second-order valence-corrected chi connectivity index (χ2v) is 5.91. The van der Waals surface area contributed by atoms with Crippen molar-refractivity contribution in [1.82, 2.24) is 4.90 Å². The van der Waals surface area contributed by atoms with E-state index in [9.17, 15) is 4.79 Å². The van der Waals surface area contributed by atoms with E-state index >= 15 is 0 Å². The van der Waals surface area contributed by atoms with Gasteiger partial charge in [0.25, 0.3) is 5.91 Å². The van der Waals surface area contributed by atoms with Crippen LogP contribution in [0.4, 0.5) is 0 Å². The van der Waals surface area contributed by atoms with E-state index in [0.29, 0.717) is 29.4 Å². The molecule has 1 amide bonds. The van der Waals surface area contributed by atoms with Crippen LogP contribution >= 0.6 is 0 Å². The lowest BCUT2D eigenvalue weighted by Crippen LogP contribution is -2.39. The number of rotatable bonds is 4. The molecule has 4 heteroatoms. The summed E-state index contributed by atoms with van der Waals surface area (Å²) in [5.41, 5.74) is 1.30. The molecule has 116 valence electrons. The fraction of sp³-hybridized carbons (Fsp3) is 0.389. The molecule has 4 nitrogen and oxygen atoms in total. The van der Waals surface area contributed by atoms with E-state index in [1.165, 1.54) is 6.42 Å². The maximum atomic E-state index is 12.7. The lowest BCUT2D eigenvalue weighted by Gasteiger charge is -2.31. The average Bonchev–Trinajstić information content (AvgIpc) is 3.00. The van der Waals surface area contributed by atoms with Crippen molar-refractivity contribution in [2.24, 2.45) is 5.92 Å². The number of fused-ring (bicyclic) bond motifs is 1. The molecular weight excluding hydrogens is 278 g/mol. The number of hydrogen-bond donors (Lipinski definition) is 0. The van der Waals surface area contributed by atoms with Crippen molar-refractivity contribution in [3.8, 4) is 5.75 Å². The molecule has 1 saturated heterocycles. The van der Waals surface area contributed by atoms with Crippen molar-refractivity contribution in [2.75, 3.05) is 19.7 Å². The van der Waals surface area contributed by atoms with Gasteiger partial charge in [0.05, 0.1) is 11.6 Å². The minimum Gasteiger partial charge on any atom is -0.489 e. The molecule has 0 spiro atoms. The Morgan fingerprint density at radius 1 is 1.55 bits per heavy atom. The van der Waals surface area contributed by atoms with Crippen LogP contribution in [0.1, 0.15) is 30.1 Å². The summed E-state index contributed by atoms with van der Waals surface area (Å²) < 4.78 is 11.1. The van der Waals surface area contributed by atoms with Crippen LogP contribution in [0, 0.1) is 5.92 Å². The highest BCUT2D eigenvalue weighted by Gasteiger charge is 2.23. The van der Waals surface area contributed by atoms with Gasteiger partial charge in [0.15, 0.2) is 0 Å². The first-order valence-electron chi connectivity index (χ1n) is 7.73. The van der Waals surface area contributed by atoms with E-state index in [0.717, 1.165) is 24.9 Å². The Kier molecular flexibility index (Phi) is 4.18. The summed E-state index contributed by atoms with van der Waals surface area (Å²) in [7, 11) is 0. The third-order valence-electron chi connectivity index (χ3n) is 4.08. The standard InChI is InChI=1S/C18H21NO3/c1-3-8-21-16-10-14(11-17-15(16)6-9-22-17)18(20)19-7-4-5-13(2)12-19/h3,6,9-11,13H,1,4-5,7-8,12H2,2H3/t13-/m1/s1. The monoisotopic (exact) mass is 299 g/mol. The molecular formula is C18H21NO3. The second-order valence-electron chi connectivity index (χ2n) is 5.91. The third-order valence-corrected chi connectivity index (χ3v) is 4.08. The number of piperidine rings is 1. The van der Waals surface area contributed by atoms with E-state index in [2.05, 4.69) is 13.5 Å². The van der Waals surface area contributed by atoms with Crippen molar-refractivity contribution in [3.63, 3.8) is 0 Å². The summed E-state index contributed by atoms with van der Waals surface area (Å²) in [4.78, 5) is 14.7. The molecule has 0 unspecified atom stereocenters. The van der Waals surface area contributed by atoms with Gasteiger partial charge in [-0.3, -0.25) is 4.79 Å².